The molecule has 0 aliphatic rings. The molecule has 1 aromatic carbocycles. The van der Waals surface area contributed by atoms with Crippen LogP contribution in [0.2, 0.25) is 0 Å². The second kappa shape index (κ2) is 6.02. The lowest BCUT2D eigenvalue weighted by Crippen LogP contribution is -2.23. The Bertz CT molecular complexity index is 606. The summed E-state index contributed by atoms with van der Waals surface area (Å²) in [5.41, 5.74) is -0.209. The minimum atomic E-state index is -0.209. The molecule has 4 nitrogen and oxygen atoms in total. The highest BCUT2D eigenvalue weighted by molar-refractivity contribution is 9.10. The lowest BCUT2D eigenvalue weighted by molar-refractivity contribution is 0.432. The summed E-state index contributed by atoms with van der Waals surface area (Å²) >= 11 is 3.35. The van der Waals surface area contributed by atoms with E-state index in [9.17, 15) is 4.79 Å². The van der Waals surface area contributed by atoms with Crippen molar-refractivity contribution >= 4 is 15.9 Å². The van der Waals surface area contributed by atoms with E-state index in [2.05, 4.69) is 34.8 Å². The zero-order valence-corrected chi connectivity index (χ0v) is 12.4. The Labute approximate surface area is 120 Å². The number of nitrogens with zero attached hydrogens (tertiary/aromatic N) is 2. The van der Waals surface area contributed by atoms with Crippen LogP contribution in [0.5, 0.6) is 11.6 Å². The minimum absolute atomic E-state index is 0.102. The predicted molar refractivity (Wildman–Crippen MR) is 77.6 cm³/mol. The van der Waals surface area contributed by atoms with Crippen molar-refractivity contribution in [3.63, 3.8) is 0 Å². The smallest absolute Gasteiger partial charge is 0.313 e. The summed E-state index contributed by atoms with van der Waals surface area (Å²) in [7, 11) is 0. The first kappa shape index (κ1) is 13.8. The zero-order valence-electron chi connectivity index (χ0n) is 10.8. The molecular weight excluding hydrogens is 308 g/mol. The topological polar surface area (TPSA) is 44.1 Å². The molecule has 0 aliphatic heterocycles. The van der Waals surface area contributed by atoms with Crippen LogP contribution in [-0.4, -0.2) is 9.55 Å². The van der Waals surface area contributed by atoms with Gasteiger partial charge in [-0.25, -0.2) is 4.98 Å². The Hall–Kier alpha value is -1.62. The molecule has 0 atom stereocenters. The number of halogens is 1. The van der Waals surface area contributed by atoms with Crippen LogP contribution >= 0.6 is 15.9 Å². The molecule has 5 heteroatoms. The van der Waals surface area contributed by atoms with Crippen LogP contribution in [0.4, 0.5) is 0 Å². The third-order valence-corrected chi connectivity index (χ3v) is 3.00. The van der Waals surface area contributed by atoms with Crippen LogP contribution < -0.4 is 10.3 Å². The second-order valence-electron chi connectivity index (χ2n) is 4.64. The first-order chi connectivity index (χ1) is 9.06. The van der Waals surface area contributed by atoms with Gasteiger partial charge in [-0.1, -0.05) is 29.8 Å². The van der Waals surface area contributed by atoms with Crippen LogP contribution in [0.25, 0.3) is 0 Å². The lowest BCUT2D eigenvalue weighted by Gasteiger charge is -2.10. The van der Waals surface area contributed by atoms with Gasteiger partial charge in [-0.15, -0.1) is 0 Å². The molecule has 0 spiro atoms. The molecule has 0 aliphatic carbocycles. The van der Waals surface area contributed by atoms with Crippen molar-refractivity contribution in [3.05, 3.63) is 51.5 Å². The highest BCUT2D eigenvalue weighted by Crippen LogP contribution is 2.19. The molecule has 2 rings (SSSR count). The van der Waals surface area contributed by atoms with Gasteiger partial charge in [-0.3, -0.25) is 4.79 Å². The predicted octanol–water partition coefficient (Wildman–Crippen LogP) is 3.45. The van der Waals surface area contributed by atoms with Gasteiger partial charge in [0.15, 0.2) is 0 Å². The van der Waals surface area contributed by atoms with Crippen LogP contribution in [0.3, 0.4) is 0 Å². The summed E-state index contributed by atoms with van der Waals surface area (Å²) in [6, 6.07) is 7.27. The van der Waals surface area contributed by atoms with Crippen molar-refractivity contribution in [3.8, 4) is 11.6 Å². The highest BCUT2D eigenvalue weighted by Gasteiger charge is 2.08. The van der Waals surface area contributed by atoms with Crippen molar-refractivity contribution in [2.75, 3.05) is 0 Å². The van der Waals surface area contributed by atoms with E-state index < -0.39 is 0 Å². The van der Waals surface area contributed by atoms with Crippen molar-refractivity contribution < 1.29 is 4.74 Å². The first-order valence-electron chi connectivity index (χ1n) is 6.05. The van der Waals surface area contributed by atoms with Crippen LogP contribution in [0.15, 0.2) is 45.9 Å². The van der Waals surface area contributed by atoms with E-state index >= 15 is 0 Å². The van der Waals surface area contributed by atoms with E-state index in [4.69, 9.17) is 4.74 Å². The molecule has 1 aromatic heterocycles. The maximum atomic E-state index is 12.1. The number of ether oxygens (including phenoxy) is 1. The molecule has 19 heavy (non-hydrogen) atoms. The number of rotatable bonds is 4. The fourth-order valence-corrected chi connectivity index (χ4v) is 1.91. The van der Waals surface area contributed by atoms with Crippen LogP contribution in [0, 0.1) is 5.92 Å². The van der Waals surface area contributed by atoms with E-state index in [1.54, 1.807) is 29.1 Å². The SMILES string of the molecule is CC(C)Cn1ccnc(Oc2ccc(Br)cc2)c1=O. The molecule has 0 radical (unpaired) electrons. The van der Waals surface area contributed by atoms with Crippen LogP contribution in [-0.2, 0) is 6.54 Å². The Morgan fingerprint density at radius 2 is 2.00 bits per heavy atom. The van der Waals surface area contributed by atoms with Crippen molar-refractivity contribution in [1.29, 1.82) is 0 Å². The van der Waals surface area contributed by atoms with Gasteiger partial charge in [-0.05, 0) is 30.2 Å². The summed E-state index contributed by atoms with van der Waals surface area (Å²) in [5, 5.41) is 0. The highest BCUT2D eigenvalue weighted by atomic mass is 79.9. The third kappa shape index (κ3) is 3.67. The maximum Gasteiger partial charge on any atom is 0.313 e. The number of hydrogen-bond donors (Lipinski definition) is 0. The molecule has 0 fully saturated rings. The molecule has 0 bridgehead atoms. The average Bonchev–Trinajstić information content (AvgIpc) is 2.36. The molecule has 0 saturated heterocycles. The lowest BCUT2D eigenvalue weighted by atomic mass is 10.2. The normalized spacial score (nSPS) is 10.7. The number of aromatic nitrogens is 2. The summed E-state index contributed by atoms with van der Waals surface area (Å²) in [5.74, 6) is 1.08. The zero-order chi connectivity index (χ0) is 13.8. The fourth-order valence-electron chi connectivity index (χ4n) is 1.65. The second-order valence-corrected chi connectivity index (χ2v) is 5.56. The van der Waals surface area contributed by atoms with E-state index in [0.717, 1.165) is 4.47 Å². The van der Waals surface area contributed by atoms with E-state index in [-0.39, 0.29) is 11.4 Å². The van der Waals surface area contributed by atoms with E-state index in [1.807, 2.05) is 12.1 Å². The fraction of sp³-hybridized carbons (Fsp3) is 0.286. The molecule has 0 saturated carbocycles. The molecule has 0 N–H and O–H groups in total. The molecule has 0 unspecified atom stereocenters. The van der Waals surface area contributed by atoms with Gasteiger partial charge >= 0.3 is 5.56 Å². The number of benzene rings is 1. The van der Waals surface area contributed by atoms with Crippen LogP contribution in [0.1, 0.15) is 13.8 Å². The summed E-state index contributed by atoms with van der Waals surface area (Å²) < 4.78 is 8.09. The Kier molecular flexibility index (Phi) is 4.37. The molecule has 100 valence electrons. The van der Waals surface area contributed by atoms with Gasteiger partial charge in [0, 0.05) is 23.4 Å². The van der Waals surface area contributed by atoms with Crippen molar-refractivity contribution in [2.45, 2.75) is 20.4 Å². The Balaban J connectivity index is 2.25. The third-order valence-electron chi connectivity index (χ3n) is 2.47. The average molecular weight is 323 g/mol. The van der Waals surface area contributed by atoms with Gasteiger partial charge in [-0.2, -0.15) is 0 Å². The quantitative estimate of drug-likeness (QED) is 0.865. The summed E-state index contributed by atoms with van der Waals surface area (Å²) in [6.07, 6.45) is 3.26. The largest absolute Gasteiger partial charge is 0.435 e. The van der Waals surface area contributed by atoms with Crippen molar-refractivity contribution in [2.24, 2.45) is 5.92 Å². The van der Waals surface area contributed by atoms with Gasteiger partial charge in [0.05, 0.1) is 0 Å². The summed E-state index contributed by atoms with van der Waals surface area (Å²) in [6.45, 7) is 4.77. The van der Waals surface area contributed by atoms with Gasteiger partial charge in [0.1, 0.15) is 5.75 Å². The van der Waals surface area contributed by atoms with E-state index in [1.165, 1.54) is 0 Å². The Morgan fingerprint density at radius 1 is 1.32 bits per heavy atom. The standard InChI is InChI=1S/C14H15BrN2O2/c1-10(2)9-17-8-7-16-13(14(17)18)19-12-5-3-11(15)4-6-12/h3-8,10H,9H2,1-2H3. The maximum absolute atomic E-state index is 12.1. The monoisotopic (exact) mass is 322 g/mol. The number of hydrogen-bond acceptors (Lipinski definition) is 3. The van der Waals surface area contributed by atoms with Gasteiger partial charge in [0.25, 0.3) is 5.88 Å². The van der Waals surface area contributed by atoms with Crippen molar-refractivity contribution in [1.82, 2.24) is 9.55 Å². The Morgan fingerprint density at radius 3 is 2.63 bits per heavy atom. The molecular formula is C14H15BrN2O2. The first-order valence-corrected chi connectivity index (χ1v) is 6.84. The molecule has 2 aromatic rings. The molecule has 1 heterocycles. The van der Waals surface area contributed by atoms with Gasteiger partial charge < -0.3 is 9.30 Å². The van der Waals surface area contributed by atoms with Gasteiger partial charge in [0.2, 0.25) is 0 Å². The minimum Gasteiger partial charge on any atom is -0.435 e. The molecule has 0 amide bonds. The van der Waals surface area contributed by atoms with E-state index in [0.29, 0.717) is 18.2 Å². The summed E-state index contributed by atoms with van der Waals surface area (Å²) in [4.78, 5) is 16.1.